The number of ether oxygens (including phenoxy) is 2. The van der Waals surface area contributed by atoms with E-state index in [0.29, 0.717) is 5.39 Å². The molecule has 27 heavy (non-hydrogen) atoms. The molecule has 0 spiro atoms. The molecule has 1 aromatic heterocycles. The SMILES string of the molecule is CN(C(=O)OC(C)(C)C)C1CCC(Oc2ccc3c(=O)[nH]ccc3c2)CC1. The summed E-state index contributed by atoms with van der Waals surface area (Å²) in [6.45, 7) is 5.63. The highest BCUT2D eigenvalue weighted by Crippen LogP contribution is 2.28. The number of pyridine rings is 1. The van der Waals surface area contributed by atoms with Crippen LogP contribution in [0.4, 0.5) is 4.79 Å². The highest BCUT2D eigenvalue weighted by atomic mass is 16.6. The van der Waals surface area contributed by atoms with Crippen molar-refractivity contribution in [3.63, 3.8) is 0 Å². The predicted molar refractivity (Wildman–Crippen MR) is 105 cm³/mol. The maximum atomic E-state index is 12.2. The van der Waals surface area contributed by atoms with E-state index in [0.717, 1.165) is 36.8 Å². The van der Waals surface area contributed by atoms with Crippen molar-refractivity contribution in [1.82, 2.24) is 9.88 Å². The number of H-pyrrole nitrogens is 1. The van der Waals surface area contributed by atoms with Crippen LogP contribution in [0.25, 0.3) is 10.8 Å². The second-order valence-corrected chi connectivity index (χ2v) is 8.20. The quantitative estimate of drug-likeness (QED) is 0.881. The standard InChI is InChI=1S/C21H28N2O4/c1-21(2,3)27-20(25)23(4)15-5-7-16(8-6-15)26-17-9-10-18-14(13-17)11-12-22-19(18)24/h9-13,15-16H,5-8H2,1-4H3,(H,22,24). The zero-order valence-corrected chi connectivity index (χ0v) is 16.5. The van der Waals surface area contributed by atoms with E-state index in [1.54, 1.807) is 24.2 Å². The molecule has 1 saturated carbocycles. The van der Waals surface area contributed by atoms with E-state index in [9.17, 15) is 9.59 Å². The Hall–Kier alpha value is -2.50. The summed E-state index contributed by atoms with van der Waals surface area (Å²) in [5.41, 5.74) is -0.576. The van der Waals surface area contributed by atoms with Crippen molar-refractivity contribution in [2.75, 3.05) is 7.05 Å². The molecule has 0 atom stereocenters. The molecule has 0 saturated heterocycles. The van der Waals surface area contributed by atoms with Crippen molar-refractivity contribution < 1.29 is 14.3 Å². The molecule has 0 radical (unpaired) electrons. The fourth-order valence-electron chi connectivity index (χ4n) is 3.47. The fraction of sp³-hybridized carbons (Fsp3) is 0.524. The number of carbonyl (C=O) groups is 1. The number of carbonyl (C=O) groups excluding carboxylic acids is 1. The molecule has 0 unspecified atom stereocenters. The Labute approximate surface area is 159 Å². The molecule has 6 nitrogen and oxygen atoms in total. The van der Waals surface area contributed by atoms with Gasteiger partial charge in [0.05, 0.1) is 6.10 Å². The molecule has 2 aromatic rings. The van der Waals surface area contributed by atoms with Gasteiger partial charge < -0.3 is 19.4 Å². The lowest BCUT2D eigenvalue weighted by molar-refractivity contribution is 0.0139. The largest absolute Gasteiger partial charge is 0.490 e. The summed E-state index contributed by atoms with van der Waals surface area (Å²) in [4.78, 5) is 28.4. The summed E-state index contributed by atoms with van der Waals surface area (Å²) in [6.07, 6.45) is 5.02. The molecule has 1 amide bonds. The van der Waals surface area contributed by atoms with Gasteiger partial charge in [0.1, 0.15) is 11.4 Å². The summed E-state index contributed by atoms with van der Waals surface area (Å²) in [5.74, 6) is 0.775. The van der Waals surface area contributed by atoms with E-state index in [2.05, 4.69) is 4.98 Å². The summed E-state index contributed by atoms with van der Waals surface area (Å²) in [6, 6.07) is 7.59. The number of amides is 1. The lowest BCUT2D eigenvalue weighted by atomic mass is 9.92. The Morgan fingerprint density at radius 1 is 1.15 bits per heavy atom. The van der Waals surface area contributed by atoms with Crippen LogP contribution >= 0.6 is 0 Å². The van der Waals surface area contributed by atoms with Gasteiger partial charge in [-0.05, 0) is 76.1 Å². The number of fused-ring (bicyclic) bond motifs is 1. The molecule has 1 aliphatic rings. The first-order chi connectivity index (χ1) is 12.7. The molecule has 6 heteroatoms. The number of benzene rings is 1. The first kappa shape index (κ1) is 19.3. The van der Waals surface area contributed by atoms with Crippen LogP contribution in [-0.2, 0) is 4.74 Å². The van der Waals surface area contributed by atoms with Crippen LogP contribution in [0.3, 0.4) is 0 Å². The Balaban J connectivity index is 1.56. The van der Waals surface area contributed by atoms with E-state index in [1.807, 2.05) is 39.0 Å². The van der Waals surface area contributed by atoms with Crippen LogP contribution in [0.5, 0.6) is 5.75 Å². The minimum absolute atomic E-state index is 0.0928. The average Bonchev–Trinajstić information content (AvgIpc) is 2.60. The molecule has 3 rings (SSSR count). The van der Waals surface area contributed by atoms with Gasteiger partial charge in [0.15, 0.2) is 0 Å². The van der Waals surface area contributed by atoms with Crippen molar-refractivity contribution in [2.24, 2.45) is 0 Å². The molecule has 1 aliphatic carbocycles. The third-order valence-electron chi connectivity index (χ3n) is 4.92. The maximum Gasteiger partial charge on any atom is 0.410 e. The monoisotopic (exact) mass is 372 g/mol. The number of hydrogen-bond donors (Lipinski definition) is 1. The van der Waals surface area contributed by atoms with Crippen molar-refractivity contribution in [1.29, 1.82) is 0 Å². The van der Waals surface area contributed by atoms with Gasteiger partial charge in [0.25, 0.3) is 5.56 Å². The van der Waals surface area contributed by atoms with Gasteiger partial charge in [-0.1, -0.05) is 0 Å². The van der Waals surface area contributed by atoms with Crippen molar-refractivity contribution >= 4 is 16.9 Å². The number of nitrogens with one attached hydrogen (secondary N) is 1. The topological polar surface area (TPSA) is 71.6 Å². The van der Waals surface area contributed by atoms with Crippen molar-refractivity contribution in [3.8, 4) is 5.75 Å². The van der Waals surface area contributed by atoms with Gasteiger partial charge in [0, 0.05) is 24.7 Å². The van der Waals surface area contributed by atoms with Gasteiger partial charge in [0.2, 0.25) is 0 Å². The second kappa shape index (κ2) is 7.62. The highest BCUT2D eigenvalue weighted by molar-refractivity contribution is 5.82. The fourth-order valence-corrected chi connectivity index (χ4v) is 3.47. The Bertz CT molecular complexity index is 860. The Kier molecular flexibility index (Phi) is 5.44. The summed E-state index contributed by atoms with van der Waals surface area (Å²) >= 11 is 0. The van der Waals surface area contributed by atoms with Crippen molar-refractivity contribution in [2.45, 2.75) is 64.2 Å². The Morgan fingerprint density at radius 3 is 2.52 bits per heavy atom. The lowest BCUT2D eigenvalue weighted by Crippen LogP contribution is -2.43. The number of aromatic nitrogens is 1. The summed E-state index contributed by atoms with van der Waals surface area (Å²) in [7, 11) is 1.81. The molecule has 1 N–H and O–H groups in total. The number of aromatic amines is 1. The van der Waals surface area contributed by atoms with Crippen LogP contribution in [0, 0.1) is 0 Å². The minimum Gasteiger partial charge on any atom is -0.490 e. The highest BCUT2D eigenvalue weighted by Gasteiger charge is 2.30. The van der Waals surface area contributed by atoms with Crippen molar-refractivity contribution in [3.05, 3.63) is 40.8 Å². The van der Waals surface area contributed by atoms with E-state index < -0.39 is 5.60 Å². The average molecular weight is 372 g/mol. The van der Waals surface area contributed by atoms with E-state index >= 15 is 0 Å². The predicted octanol–water partition coefficient (Wildman–Crippen LogP) is 4.09. The molecule has 1 fully saturated rings. The summed E-state index contributed by atoms with van der Waals surface area (Å²) < 4.78 is 11.6. The lowest BCUT2D eigenvalue weighted by Gasteiger charge is -2.35. The smallest absolute Gasteiger partial charge is 0.410 e. The van der Waals surface area contributed by atoms with E-state index in [1.165, 1.54) is 0 Å². The third kappa shape index (κ3) is 4.81. The van der Waals surface area contributed by atoms with Crippen LogP contribution in [0.15, 0.2) is 35.3 Å². The van der Waals surface area contributed by atoms with Crippen LogP contribution in [0.1, 0.15) is 46.5 Å². The van der Waals surface area contributed by atoms with Gasteiger partial charge >= 0.3 is 6.09 Å². The molecule has 1 heterocycles. The van der Waals surface area contributed by atoms with Gasteiger partial charge in [-0.25, -0.2) is 4.79 Å². The molecular weight excluding hydrogens is 344 g/mol. The first-order valence-corrected chi connectivity index (χ1v) is 9.47. The van der Waals surface area contributed by atoms with Crippen LogP contribution in [0.2, 0.25) is 0 Å². The maximum absolute atomic E-state index is 12.2. The normalized spacial score (nSPS) is 20.3. The molecular formula is C21H28N2O4. The summed E-state index contributed by atoms with van der Waals surface area (Å²) in [5, 5.41) is 1.53. The Morgan fingerprint density at radius 2 is 1.85 bits per heavy atom. The second-order valence-electron chi connectivity index (χ2n) is 8.20. The zero-order valence-electron chi connectivity index (χ0n) is 16.5. The van der Waals surface area contributed by atoms with E-state index in [-0.39, 0.29) is 23.8 Å². The molecule has 0 aliphatic heterocycles. The number of rotatable bonds is 3. The zero-order chi connectivity index (χ0) is 19.6. The van der Waals surface area contributed by atoms with Crippen LogP contribution < -0.4 is 10.3 Å². The van der Waals surface area contributed by atoms with Gasteiger partial charge in [-0.3, -0.25) is 4.79 Å². The van der Waals surface area contributed by atoms with E-state index in [4.69, 9.17) is 9.47 Å². The van der Waals surface area contributed by atoms with Crippen LogP contribution in [-0.4, -0.2) is 40.8 Å². The first-order valence-electron chi connectivity index (χ1n) is 9.47. The molecule has 146 valence electrons. The third-order valence-corrected chi connectivity index (χ3v) is 4.92. The number of nitrogens with zero attached hydrogens (tertiary/aromatic N) is 1. The van der Waals surface area contributed by atoms with Gasteiger partial charge in [-0.2, -0.15) is 0 Å². The number of hydrogen-bond acceptors (Lipinski definition) is 4. The molecule has 0 bridgehead atoms. The molecule has 1 aromatic carbocycles. The van der Waals surface area contributed by atoms with Gasteiger partial charge in [-0.15, -0.1) is 0 Å². The minimum atomic E-state index is -0.483.